The number of hydrogen-bond donors (Lipinski definition) is 1. The summed E-state index contributed by atoms with van der Waals surface area (Å²) in [5, 5.41) is 6.22. The van der Waals surface area contributed by atoms with Gasteiger partial charge in [-0.1, -0.05) is 50.2 Å². The van der Waals surface area contributed by atoms with Crippen LogP contribution in [-0.2, 0) is 5.41 Å². The van der Waals surface area contributed by atoms with Gasteiger partial charge < -0.3 is 8.94 Å². The van der Waals surface area contributed by atoms with Gasteiger partial charge in [0.1, 0.15) is 5.69 Å². The molecular weight excluding hydrogens is 344 g/mol. The predicted molar refractivity (Wildman–Crippen MR) is 90.1 cm³/mol. The number of amides is 1. The van der Waals surface area contributed by atoms with Gasteiger partial charge in [-0.05, 0) is 11.0 Å². The molecule has 0 aliphatic heterocycles. The first-order valence-corrected chi connectivity index (χ1v) is 7.86. The highest BCUT2D eigenvalue weighted by atomic mass is 19.3. The molecule has 136 valence electrons. The monoisotopic (exact) mass is 361 g/mol. The Morgan fingerprint density at radius 3 is 2.50 bits per heavy atom. The molecule has 0 bridgehead atoms. The van der Waals surface area contributed by atoms with Crippen molar-refractivity contribution in [2.45, 2.75) is 32.6 Å². The normalized spacial score (nSPS) is 11.8. The van der Waals surface area contributed by atoms with Crippen molar-refractivity contribution < 1.29 is 22.5 Å². The summed E-state index contributed by atoms with van der Waals surface area (Å²) < 4.78 is 35.3. The van der Waals surface area contributed by atoms with Gasteiger partial charge in [-0.15, -0.1) is 0 Å². The Morgan fingerprint density at radius 1 is 1.19 bits per heavy atom. The molecule has 6 nitrogen and oxygen atoms in total. The summed E-state index contributed by atoms with van der Waals surface area (Å²) in [6.45, 7) is 6.34. The lowest BCUT2D eigenvalue weighted by Gasteiger charge is -2.18. The maximum absolute atomic E-state index is 12.8. The molecule has 2 heterocycles. The molecule has 0 atom stereocenters. The number of oxazole rings is 1. The van der Waals surface area contributed by atoms with E-state index in [2.05, 4.69) is 36.2 Å². The van der Waals surface area contributed by atoms with Crippen LogP contribution in [0.1, 0.15) is 49.0 Å². The van der Waals surface area contributed by atoms with Gasteiger partial charge in [0.05, 0.1) is 0 Å². The highest BCUT2D eigenvalue weighted by Gasteiger charge is 2.25. The van der Waals surface area contributed by atoms with Crippen LogP contribution < -0.4 is 5.32 Å². The van der Waals surface area contributed by atoms with Gasteiger partial charge in [0.25, 0.3) is 12.3 Å². The summed E-state index contributed by atoms with van der Waals surface area (Å²) in [7, 11) is 0. The topological polar surface area (TPSA) is 81.2 Å². The van der Waals surface area contributed by atoms with Crippen LogP contribution in [0.3, 0.4) is 0 Å². The molecule has 1 aromatic carbocycles. The minimum atomic E-state index is -2.92. The van der Waals surface area contributed by atoms with Gasteiger partial charge in [0.2, 0.25) is 11.6 Å². The van der Waals surface area contributed by atoms with E-state index in [1.807, 2.05) is 24.3 Å². The van der Waals surface area contributed by atoms with Crippen molar-refractivity contribution in [3.63, 3.8) is 0 Å². The van der Waals surface area contributed by atoms with Crippen LogP contribution in [0.5, 0.6) is 0 Å². The van der Waals surface area contributed by atoms with Crippen LogP contribution in [0.25, 0.3) is 11.3 Å². The number of nitrogens with one attached hydrogen (secondary N) is 1. The van der Waals surface area contributed by atoms with E-state index in [0.29, 0.717) is 5.69 Å². The molecule has 0 saturated heterocycles. The third kappa shape index (κ3) is 3.63. The van der Waals surface area contributed by atoms with Gasteiger partial charge in [-0.25, -0.2) is 13.8 Å². The van der Waals surface area contributed by atoms with Crippen molar-refractivity contribution in [3.8, 4) is 11.3 Å². The number of carbonyl (C=O) groups is 1. The Labute approximate surface area is 148 Å². The predicted octanol–water partition coefficient (Wildman–Crippen LogP) is 4.82. The average Bonchev–Trinajstić information content (AvgIpc) is 3.23. The van der Waals surface area contributed by atoms with E-state index < -0.39 is 23.8 Å². The van der Waals surface area contributed by atoms with E-state index in [1.54, 1.807) is 0 Å². The Morgan fingerprint density at radius 2 is 1.88 bits per heavy atom. The van der Waals surface area contributed by atoms with Crippen molar-refractivity contribution in [1.82, 2.24) is 10.1 Å². The Balaban J connectivity index is 1.76. The lowest BCUT2D eigenvalue weighted by molar-refractivity contribution is 0.0973. The molecule has 3 aromatic rings. The Hall–Kier alpha value is -3.03. The zero-order chi connectivity index (χ0) is 18.9. The smallest absolute Gasteiger partial charge is 0.295 e. The second kappa shape index (κ2) is 6.70. The largest absolute Gasteiger partial charge is 0.438 e. The number of hydrogen-bond acceptors (Lipinski definition) is 5. The molecular formula is C18H17F2N3O3. The fourth-order valence-corrected chi connectivity index (χ4v) is 2.36. The summed E-state index contributed by atoms with van der Waals surface area (Å²) in [4.78, 5) is 15.4. The van der Waals surface area contributed by atoms with Crippen molar-refractivity contribution >= 4 is 11.8 Å². The molecule has 0 radical (unpaired) electrons. The molecule has 0 aliphatic carbocycles. The van der Waals surface area contributed by atoms with Crippen LogP contribution in [0, 0.1) is 0 Å². The first-order valence-electron chi connectivity index (χ1n) is 7.86. The van der Waals surface area contributed by atoms with Crippen LogP contribution in [0.2, 0.25) is 0 Å². The molecule has 8 heteroatoms. The molecule has 1 amide bonds. The van der Waals surface area contributed by atoms with Crippen molar-refractivity contribution in [2.24, 2.45) is 0 Å². The number of aromatic nitrogens is 2. The number of carbonyl (C=O) groups excluding carboxylic acids is 1. The molecule has 0 spiro atoms. The highest BCUT2D eigenvalue weighted by Crippen LogP contribution is 2.27. The number of benzene rings is 1. The van der Waals surface area contributed by atoms with Gasteiger partial charge in [0.15, 0.2) is 12.1 Å². The summed E-state index contributed by atoms with van der Waals surface area (Å²) in [6.07, 6.45) is -2.12. The molecule has 0 fully saturated rings. The fourth-order valence-electron chi connectivity index (χ4n) is 2.36. The maximum Gasteiger partial charge on any atom is 0.295 e. The molecule has 1 N–H and O–H groups in total. The van der Waals surface area contributed by atoms with Crippen molar-refractivity contribution in [3.05, 3.63) is 53.7 Å². The second-order valence-electron chi connectivity index (χ2n) is 6.73. The highest BCUT2D eigenvalue weighted by molar-refractivity contribution is 6.02. The van der Waals surface area contributed by atoms with E-state index in [9.17, 15) is 13.6 Å². The van der Waals surface area contributed by atoms with Crippen LogP contribution in [0.15, 0.2) is 45.7 Å². The third-order valence-corrected chi connectivity index (χ3v) is 3.80. The zero-order valence-electron chi connectivity index (χ0n) is 14.4. The number of alkyl halides is 2. The van der Waals surface area contributed by atoms with Gasteiger partial charge in [-0.3, -0.25) is 10.1 Å². The van der Waals surface area contributed by atoms with E-state index in [0.717, 1.165) is 12.0 Å². The molecule has 0 aliphatic rings. The van der Waals surface area contributed by atoms with Crippen LogP contribution in [0.4, 0.5) is 14.7 Å². The van der Waals surface area contributed by atoms with E-state index in [1.165, 1.54) is 11.6 Å². The summed E-state index contributed by atoms with van der Waals surface area (Å²) in [5.74, 6) is -1.43. The SMILES string of the molecule is CC(C)(C)c1ccc(-c2cc(NC(=O)c3ocnc3C(F)F)on2)cc1. The molecule has 2 aromatic heterocycles. The van der Waals surface area contributed by atoms with Crippen LogP contribution >= 0.6 is 0 Å². The number of nitrogens with zero attached hydrogens (tertiary/aromatic N) is 2. The average molecular weight is 361 g/mol. The minimum absolute atomic E-state index is 0.0153. The van der Waals surface area contributed by atoms with Gasteiger partial charge in [0, 0.05) is 11.6 Å². The molecule has 0 unspecified atom stereocenters. The first kappa shape index (κ1) is 17.8. The van der Waals surface area contributed by atoms with Gasteiger partial charge >= 0.3 is 0 Å². The first-order chi connectivity index (χ1) is 12.3. The van der Waals surface area contributed by atoms with Crippen molar-refractivity contribution in [2.75, 3.05) is 5.32 Å². The molecule has 0 saturated carbocycles. The lowest BCUT2D eigenvalue weighted by Crippen LogP contribution is -2.12. The third-order valence-electron chi connectivity index (χ3n) is 3.80. The number of halogens is 2. The summed E-state index contributed by atoms with van der Waals surface area (Å²) >= 11 is 0. The molecule has 3 rings (SSSR count). The quantitative estimate of drug-likeness (QED) is 0.721. The van der Waals surface area contributed by atoms with E-state index >= 15 is 0 Å². The van der Waals surface area contributed by atoms with Crippen LogP contribution in [-0.4, -0.2) is 16.0 Å². The lowest BCUT2D eigenvalue weighted by atomic mass is 9.86. The summed E-state index contributed by atoms with van der Waals surface area (Å²) in [5.41, 5.74) is 1.78. The maximum atomic E-state index is 12.8. The summed E-state index contributed by atoms with van der Waals surface area (Å²) in [6, 6.07) is 9.28. The van der Waals surface area contributed by atoms with E-state index in [4.69, 9.17) is 8.94 Å². The minimum Gasteiger partial charge on any atom is -0.438 e. The van der Waals surface area contributed by atoms with Gasteiger partial charge in [-0.2, -0.15) is 0 Å². The number of anilines is 1. The Kier molecular flexibility index (Phi) is 4.58. The number of rotatable bonds is 4. The standard InChI is InChI=1S/C18H17F2N3O3/c1-18(2,3)11-6-4-10(5-7-11)12-8-13(26-23-12)22-17(24)15-14(16(19)20)21-9-25-15/h4-9,16H,1-3H3,(H,22,24). The Bertz CT molecular complexity index is 908. The fraction of sp³-hybridized carbons (Fsp3) is 0.278. The molecule has 26 heavy (non-hydrogen) atoms. The van der Waals surface area contributed by atoms with E-state index in [-0.39, 0.29) is 11.3 Å². The van der Waals surface area contributed by atoms with Crippen molar-refractivity contribution in [1.29, 1.82) is 0 Å². The second-order valence-corrected chi connectivity index (χ2v) is 6.73. The zero-order valence-corrected chi connectivity index (χ0v) is 14.4.